The van der Waals surface area contributed by atoms with E-state index in [9.17, 15) is 5.11 Å². The molecule has 0 bridgehead atoms. The van der Waals surface area contributed by atoms with Crippen LogP contribution in [0.4, 0.5) is 0 Å². The summed E-state index contributed by atoms with van der Waals surface area (Å²) in [5.74, 6) is 2.31. The van der Waals surface area contributed by atoms with Gasteiger partial charge in [-0.25, -0.2) is 0 Å². The summed E-state index contributed by atoms with van der Waals surface area (Å²) in [4.78, 5) is 0. The molecule has 1 spiro atoms. The van der Waals surface area contributed by atoms with E-state index < -0.39 is 0 Å². The van der Waals surface area contributed by atoms with Crippen LogP contribution in [0, 0.1) is 28.6 Å². The smallest absolute Gasteiger partial charge is 0.0493 e. The highest BCUT2D eigenvalue weighted by Crippen LogP contribution is 2.75. The van der Waals surface area contributed by atoms with E-state index in [1.54, 1.807) is 5.57 Å². The van der Waals surface area contributed by atoms with Gasteiger partial charge in [-0.2, -0.15) is 0 Å². The van der Waals surface area contributed by atoms with E-state index in [4.69, 9.17) is 0 Å². The fraction of sp³-hybridized carbons (Fsp3) is 0.867. The van der Waals surface area contributed by atoms with E-state index in [0.29, 0.717) is 17.9 Å². The van der Waals surface area contributed by atoms with Gasteiger partial charge in [-0.15, -0.1) is 0 Å². The van der Waals surface area contributed by atoms with Crippen molar-refractivity contribution >= 4 is 0 Å². The first kappa shape index (κ1) is 10.8. The molecule has 3 aliphatic carbocycles. The van der Waals surface area contributed by atoms with Crippen LogP contribution in [0.5, 0.6) is 0 Å². The second kappa shape index (κ2) is 3.13. The Labute approximate surface area is 98.9 Å². The van der Waals surface area contributed by atoms with Crippen LogP contribution in [-0.2, 0) is 0 Å². The van der Waals surface area contributed by atoms with Crippen LogP contribution in [0.1, 0.15) is 46.5 Å². The Morgan fingerprint density at radius 2 is 2.19 bits per heavy atom. The van der Waals surface area contributed by atoms with Gasteiger partial charge in [-0.3, -0.25) is 0 Å². The molecule has 1 unspecified atom stereocenters. The van der Waals surface area contributed by atoms with Gasteiger partial charge in [0.15, 0.2) is 0 Å². The third-order valence-electron chi connectivity index (χ3n) is 6.28. The van der Waals surface area contributed by atoms with E-state index in [0.717, 1.165) is 11.8 Å². The molecule has 1 N–H and O–H groups in total. The molecule has 5 atom stereocenters. The molecule has 3 aliphatic rings. The Bertz CT molecular complexity index is 345. The number of rotatable bonds is 1. The highest BCUT2D eigenvalue weighted by molar-refractivity contribution is 5.28. The van der Waals surface area contributed by atoms with Gasteiger partial charge in [0.1, 0.15) is 0 Å². The number of hydrogen-bond acceptors (Lipinski definition) is 1. The van der Waals surface area contributed by atoms with Crippen molar-refractivity contribution in [1.82, 2.24) is 0 Å². The normalized spacial score (nSPS) is 55.0. The van der Waals surface area contributed by atoms with Crippen LogP contribution in [0.25, 0.3) is 0 Å². The quantitative estimate of drug-likeness (QED) is 0.672. The lowest BCUT2D eigenvalue weighted by Crippen LogP contribution is -2.64. The van der Waals surface area contributed by atoms with Gasteiger partial charge in [0, 0.05) is 12.0 Å². The molecule has 0 saturated heterocycles. The van der Waals surface area contributed by atoms with Crippen LogP contribution in [0.3, 0.4) is 0 Å². The zero-order valence-corrected chi connectivity index (χ0v) is 10.8. The van der Waals surface area contributed by atoms with Gasteiger partial charge in [-0.05, 0) is 55.8 Å². The minimum absolute atomic E-state index is 0.187. The summed E-state index contributed by atoms with van der Waals surface area (Å²) in [5, 5.41) is 9.77. The zero-order chi connectivity index (χ0) is 11.6. The molecule has 0 aliphatic heterocycles. The van der Waals surface area contributed by atoms with Gasteiger partial charge < -0.3 is 5.11 Å². The van der Waals surface area contributed by atoms with Crippen molar-refractivity contribution in [3.63, 3.8) is 0 Å². The molecule has 16 heavy (non-hydrogen) atoms. The SMILES string of the molecule is CC1=C[C@@H]2C3(CC1)[C@@H](CC[C@@H]3C)[C@]2(C)CO. The second-order valence-electron chi connectivity index (χ2n) is 6.80. The number of aliphatic hydroxyl groups excluding tert-OH is 1. The molecule has 0 amide bonds. The molecule has 90 valence electrons. The van der Waals surface area contributed by atoms with Crippen molar-refractivity contribution in [2.24, 2.45) is 28.6 Å². The average molecular weight is 220 g/mol. The summed E-state index contributed by atoms with van der Waals surface area (Å²) in [6.45, 7) is 7.39. The first-order valence-electron chi connectivity index (χ1n) is 6.84. The highest BCUT2D eigenvalue weighted by atomic mass is 16.3. The number of hydrogen-bond donors (Lipinski definition) is 1. The molecule has 1 nitrogen and oxygen atoms in total. The average Bonchev–Trinajstić information content (AvgIpc) is 2.56. The van der Waals surface area contributed by atoms with Gasteiger partial charge in [0.05, 0.1) is 0 Å². The van der Waals surface area contributed by atoms with Crippen molar-refractivity contribution in [1.29, 1.82) is 0 Å². The summed E-state index contributed by atoms with van der Waals surface area (Å²) in [6, 6.07) is 0. The Balaban J connectivity index is 2.04. The third kappa shape index (κ3) is 0.971. The molecular weight excluding hydrogens is 196 g/mol. The van der Waals surface area contributed by atoms with E-state index in [2.05, 4.69) is 26.8 Å². The molecule has 3 rings (SSSR count). The van der Waals surface area contributed by atoms with Crippen molar-refractivity contribution in [2.45, 2.75) is 46.5 Å². The van der Waals surface area contributed by atoms with Crippen LogP contribution < -0.4 is 0 Å². The van der Waals surface area contributed by atoms with E-state index in [-0.39, 0.29) is 5.41 Å². The standard InChI is InChI=1S/C15H24O/c1-10-6-7-15-11(2)4-5-12(15)14(3,9-16)13(15)8-10/h8,11-13,16H,4-7,9H2,1-3H3/t11-,12-,13-,14-,15?/m0/s1. The molecule has 0 aromatic carbocycles. The molecule has 1 heteroatoms. The van der Waals surface area contributed by atoms with Crippen molar-refractivity contribution in [2.75, 3.05) is 6.61 Å². The fourth-order valence-electron chi connectivity index (χ4n) is 5.41. The molecule has 0 aromatic rings. The maximum Gasteiger partial charge on any atom is 0.0493 e. The topological polar surface area (TPSA) is 20.2 Å². The Morgan fingerprint density at radius 3 is 2.88 bits per heavy atom. The first-order chi connectivity index (χ1) is 7.55. The van der Waals surface area contributed by atoms with Gasteiger partial charge >= 0.3 is 0 Å². The molecular formula is C15H24O. The lowest BCUT2D eigenvalue weighted by molar-refractivity contribution is -0.195. The van der Waals surface area contributed by atoms with Gasteiger partial charge in [-0.1, -0.05) is 25.5 Å². The lowest BCUT2D eigenvalue weighted by atomic mass is 9.36. The summed E-state index contributed by atoms with van der Waals surface area (Å²) in [5.41, 5.74) is 2.30. The van der Waals surface area contributed by atoms with Crippen LogP contribution in [-0.4, -0.2) is 11.7 Å². The second-order valence-corrected chi connectivity index (χ2v) is 6.80. The maximum absolute atomic E-state index is 9.77. The zero-order valence-electron chi connectivity index (χ0n) is 10.8. The molecule has 2 saturated carbocycles. The first-order valence-corrected chi connectivity index (χ1v) is 6.84. The predicted octanol–water partition coefficient (Wildman–Crippen LogP) is 3.39. The predicted molar refractivity (Wildman–Crippen MR) is 66.0 cm³/mol. The monoisotopic (exact) mass is 220 g/mol. The van der Waals surface area contributed by atoms with Gasteiger partial charge in [0.25, 0.3) is 0 Å². The van der Waals surface area contributed by atoms with E-state index >= 15 is 0 Å². The Kier molecular flexibility index (Phi) is 2.12. The Hall–Kier alpha value is -0.300. The fourth-order valence-corrected chi connectivity index (χ4v) is 5.41. The third-order valence-corrected chi connectivity index (χ3v) is 6.28. The van der Waals surface area contributed by atoms with Crippen molar-refractivity contribution < 1.29 is 5.11 Å². The van der Waals surface area contributed by atoms with Crippen LogP contribution >= 0.6 is 0 Å². The lowest BCUT2D eigenvalue weighted by Gasteiger charge is -2.68. The van der Waals surface area contributed by atoms with Crippen LogP contribution in [0.15, 0.2) is 11.6 Å². The van der Waals surface area contributed by atoms with Crippen molar-refractivity contribution in [3.05, 3.63) is 11.6 Å². The highest BCUT2D eigenvalue weighted by Gasteiger charge is 2.70. The van der Waals surface area contributed by atoms with Crippen molar-refractivity contribution in [3.8, 4) is 0 Å². The maximum atomic E-state index is 9.77. The van der Waals surface area contributed by atoms with Gasteiger partial charge in [0.2, 0.25) is 0 Å². The van der Waals surface area contributed by atoms with Crippen LogP contribution in [0.2, 0.25) is 0 Å². The number of allylic oxidation sites excluding steroid dienone is 2. The molecule has 0 radical (unpaired) electrons. The number of aliphatic hydroxyl groups is 1. The van der Waals surface area contributed by atoms with E-state index in [1.807, 2.05) is 0 Å². The molecule has 2 fully saturated rings. The Morgan fingerprint density at radius 1 is 1.44 bits per heavy atom. The summed E-state index contributed by atoms with van der Waals surface area (Å²) >= 11 is 0. The summed E-state index contributed by atoms with van der Waals surface area (Å²) < 4.78 is 0. The summed E-state index contributed by atoms with van der Waals surface area (Å²) in [7, 11) is 0. The summed E-state index contributed by atoms with van der Waals surface area (Å²) in [6.07, 6.45) is 7.89. The molecule has 0 aromatic heterocycles. The minimum Gasteiger partial charge on any atom is -0.396 e. The van der Waals surface area contributed by atoms with E-state index in [1.165, 1.54) is 25.7 Å². The minimum atomic E-state index is 0.187. The largest absolute Gasteiger partial charge is 0.396 e. The molecule has 0 heterocycles.